The lowest BCUT2D eigenvalue weighted by molar-refractivity contribution is 0.0943. The molecule has 5 nitrogen and oxygen atoms in total. The molecule has 0 aliphatic heterocycles. The van der Waals surface area contributed by atoms with E-state index in [1.807, 2.05) is 52.0 Å². The molecule has 2 rings (SSSR count). The summed E-state index contributed by atoms with van der Waals surface area (Å²) in [5, 5.41) is 13.4. The van der Waals surface area contributed by atoms with Gasteiger partial charge in [-0.15, -0.1) is 0 Å². The van der Waals surface area contributed by atoms with E-state index in [2.05, 4.69) is 20.8 Å². The van der Waals surface area contributed by atoms with Crippen molar-refractivity contribution in [2.75, 3.05) is 5.32 Å². The third-order valence-electron chi connectivity index (χ3n) is 3.29. The van der Waals surface area contributed by atoms with Gasteiger partial charge < -0.3 is 10.6 Å². The minimum Gasteiger partial charge on any atom is -0.381 e. The minimum absolute atomic E-state index is 0.0516. The Morgan fingerprint density at radius 3 is 2.71 bits per heavy atom. The quantitative estimate of drug-likeness (QED) is 0.791. The number of anilines is 1. The second-order valence-electron chi connectivity index (χ2n) is 5.48. The Morgan fingerprint density at radius 1 is 1.33 bits per heavy atom. The number of aromatic amines is 1. The maximum absolute atomic E-state index is 12.0. The van der Waals surface area contributed by atoms with Gasteiger partial charge in [0, 0.05) is 35.1 Å². The summed E-state index contributed by atoms with van der Waals surface area (Å²) in [6.07, 6.45) is 0. The van der Waals surface area contributed by atoms with Crippen molar-refractivity contribution in [2.24, 2.45) is 0 Å². The van der Waals surface area contributed by atoms with Gasteiger partial charge in [-0.3, -0.25) is 9.89 Å². The van der Waals surface area contributed by atoms with Crippen LogP contribution in [-0.4, -0.2) is 22.1 Å². The zero-order chi connectivity index (χ0) is 15.4. The molecule has 112 valence electrons. The lowest BCUT2D eigenvalue weighted by Crippen LogP contribution is -2.30. The summed E-state index contributed by atoms with van der Waals surface area (Å²) in [6.45, 7) is 8.56. The number of benzene rings is 1. The molecule has 1 aromatic heterocycles. The maximum atomic E-state index is 12.0. The van der Waals surface area contributed by atoms with Crippen LogP contribution in [0.1, 0.15) is 41.2 Å². The standard InChI is InChI=1S/C16H22N4O/c1-10(2)18-16(21)13-6-5-7-14(8-13)17-9-15-11(3)19-20-12(15)4/h5-8,10,17H,9H2,1-4H3,(H,18,21)(H,19,20). The van der Waals surface area contributed by atoms with Crippen molar-refractivity contribution in [3.8, 4) is 0 Å². The Hall–Kier alpha value is -2.30. The Balaban J connectivity index is 2.06. The highest BCUT2D eigenvalue weighted by atomic mass is 16.1. The number of nitrogens with one attached hydrogen (secondary N) is 3. The molecule has 1 heterocycles. The van der Waals surface area contributed by atoms with Crippen LogP contribution in [0.5, 0.6) is 0 Å². The van der Waals surface area contributed by atoms with Gasteiger partial charge in [-0.2, -0.15) is 5.10 Å². The molecule has 1 amide bonds. The topological polar surface area (TPSA) is 69.8 Å². The average molecular weight is 286 g/mol. The van der Waals surface area contributed by atoms with Crippen LogP contribution >= 0.6 is 0 Å². The molecule has 5 heteroatoms. The molecule has 0 unspecified atom stereocenters. The molecular formula is C16H22N4O. The third kappa shape index (κ3) is 3.84. The van der Waals surface area contributed by atoms with Gasteiger partial charge in [0.25, 0.3) is 5.91 Å². The van der Waals surface area contributed by atoms with Crippen molar-refractivity contribution in [3.63, 3.8) is 0 Å². The van der Waals surface area contributed by atoms with Crippen LogP contribution in [0.25, 0.3) is 0 Å². The highest BCUT2D eigenvalue weighted by Gasteiger charge is 2.09. The summed E-state index contributed by atoms with van der Waals surface area (Å²) in [6, 6.07) is 7.65. The van der Waals surface area contributed by atoms with E-state index in [1.165, 1.54) is 0 Å². The normalized spacial score (nSPS) is 10.7. The highest BCUT2D eigenvalue weighted by Crippen LogP contribution is 2.15. The van der Waals surface area contributed by atoms with E-state index < -0.39 is 0 Å². The smallest absolute Gasteiger partial charge is 0.251 e. The van der Waals surface area contributed by atoms with Crippen LogP contribution in [-0.2, 0) is 6.54 Å². The predicted molar refractivity (Wildman–Crippen MR) is 84.4 cm³/mol. The Morgan fingerprint density at radius 2 is 2.10 bits per heavy atom. The maximum Gasteiger partial charge on any atom is 0.251 e. The van der Waals surface area contributed by atoms with Crippen LogP contribution in [0, 0.1) is 13.8 Å². The summed E-state index contributed by atoms with van der Waals surface area (Å²) in [5.74, 6) is -0.0516. The zero-order valence-electron chi connectivity index (χ0n) is 12.9. The zero-order valence-corrected chi connectivity index (χ0v) is 12.9. The predicted octanol–water partition coefficient (Wildman–Crippen LogP) is 2.78. The first-order valence-electron chi connectivity index (χ1n) is 7.12. The number of rotatable bonds is 5. The summed E-state index contributed by atoms with van der Waals surface area (Å²) in [5.41, 5.74) is 4.80. The second-order valence-corrected chi connectivity index (χ2v) is 5.48. The largest absolute Gasteiger partial charge is 0.381 e. The van der Waals surface area contributed by atoms with Gasteiger partial charge in [-0.05, 0) is 45.9 Å². The fourth-order valence-electron chi connectivity index (χ4n) is 2.14. The van der Waals surface area contributed by atoms with E-state index in [9.17, 15) is 4.79 Å². The molecule has 1 aromatic carbocycles. The van der Waals surface area contributed by atoms with E-state index in [1.54, 1.807) is 0 Å². The first-order chi connectivity index (χ1) is 9.97. The van der Waals surface area contributed by atoms with Crippen LogP contribution in [0.4, 0.5) is 5.69 Å². The van der Waals surface area contributed by atoms with Crippen LogP contribution in [0.2, 0.25) is 0 Å². The number of nitrogens with zero attached hydrogens (tertiary/aromatic N) is 1. The molecule has 21 heavy (non-hydrogen) atoms. The number of H-pyrrole nitrogens is 1. The van der Waals surface area contributed by atoms with E-state index in [0.29, 0.717) is 12.1 Å². The molecule has 0 bridgehead atoms. The van der Waals surface area contributed by atoms with Crippen molar-refractivity contribution in [2.45, 2.75) is 40.3 Å². The fraction of sp³-hybridized carbons (Fsp3) is 0.375. The van der Waals surface area contributed by atoms with Gasteiger partial charge in [0.05, 0.1) is 5.69 Å². The lowest BCUT2D eigenvalue weighted by atomic mass is 10.1. The van der Waals surface area contributed by atoms with Gasteiger partial charge in [0.15, 0.2) is 0 Å². The van der Waals surface area contributed by atoms with E-state index in [4.69, 9.17) is 0 Å². The third-order valence-corrected chi connectivity index (χ3v) is 3.29. The van der Waals surface area contributed by atoms with Crippen molar-refractivity contribution >= 4 is 11.6 Å². The molecule has 0 radical (unpaired) electrons. The summed E-state index contributed by atoms with van der Waals surface area (Å²) in [7, 11) is 0. The van der Waals surface area contributed by atoms with Crippen LogP contribution in [0.3, 0.4) is 0 Å². The van der Waals surface area contributed by atoms with Crippen LogP contribution in [0.15, 0.2) is 24.3 Å². The van der Waals surface area contributed by atoms with E-state index in [0.717, 1.165) is 22.6 Å². The van der Waals surface area contributed by atoms with Crippen molar-refractivity contribution in [1.29, 1.82) is 0 Å². The van der Waals surface area contributed by atoms with Crippen molar-refractivity contribution < 1.29 is 4.79 Å². The average Bonchev–Trinajstić information content (AvgIpc) is 2.75. The van der Waals surface area contributed by atoms with Crippen LogP contribution < -0.4 is 10.6 Å². The number of aryl methyl sites for hydroxylation is 2. The first kappa shape index (κ1) is 15.1. The Bertz CT molecular complexity index is 611. The molecule has 0 saturated heterocycles. The van der Waals surface area contributed by atoms with Crippen molar-refractivity contribution in [3.05, 3.63) is 46.8 Å². The summed E-state index contributed by atoms with van der Waals surface area (Å²) in [4.78, 5) is 12.0. The second kappa shape index (κ2) is 6.43. The monoisotopic (exact) mass is 286 g/mol. The Kier molecular flexibility index (Phi) is 4.62. The van der Waals surface area contributed by atoms with Gasteiger partial charge in [0.1, 0.15) is 0 Å². The molecule has 0 saturated carbocycles. The van der Waals surface area contributed by atoms with Gasteiger partial charge >= 0.3 is 0 Å². The lowest BCUT2D eigenvalue weighted by Gasteiger charge is -2.11. The molecule has 2 aromatic rings. The molecule has 0 atom stereocenters. The molecule has 0 spiro atoms. The van der Waals surface area contributed by atoms with Gasteiger partial charge in [-0.25, -0.2) is 0 Å². The number of hydrogen-bond donors (Lipinski definition) is 3. The highest BCUT2D eigenvalue weighted by molar-refractivity contribution is 5.95. The number of aromatic nitrogens is 2. The summed E-state index contributed by atoms with van der Waals surface area (Å²) < 4.78 is 0. The Labute approximate surface area is 125 Å². The molecule has 0 aliphatic rings. The fourth-order valence-corrected chi connectivity index (χ4v) is 2.14. The SMILES string of the molecule is Cc1n[nH]c(C)c1CNc1cccc(C(=O)NC(C)C)c1. The number of amides is 1. The first-order valence-corrected chi connectivity index (χ1v) is 7.12. The van der Waals surface area contributed by atoms with Gasteiger partial charge in [-0.1, -0.05) is 6.07 Å². The van der Waals surface area contributed by atoms with Gasteiger partial charge in [0.2, 0.25) is 0 Å². The molecule has 0 aliphatic carbocycles. The number of carbonyl (C=O) groups excluding carboxylic acids is 1. The van der Waals surface area contributed by atoms with E-state index in [-0.39, 0.29) is 11.9 Å². The molecule has 3 N–H and O–H groups in total. The summed E-state index contributed by atoms with van der Waals surface area (Å²) >= 11 is 0. The number of hydrogen-bond acceptors (Lipinski definition) is 3. The minimum atomic E-state index is -0.0516. The van der Waals surface area contributed by atoms with E-state index >= 15 is 0 Å². The van der Waals surface area contributed by atoms with Crippen molar-refractivity contribution in [1.82, 2.24) is 15.5 Å². The molecule has 0 fully saturated rings. The number of carbonyl (C=O) groups is 1. The molecular weight excluding hydrogens is 264 g/mol.